The standard InChI is InChI=1S/C30H43N3O4S/c1-29(2,3)37-28(34)31-24-20-25-16-17-26(21-24)33(25)19-18-30(4,23-12-8-6-9-13-23)22-32(5)38(35,36)27-14-10-7-11-15-27/h6-15,24-26H,16-22H2,1-5H3,(H,31,34)/t24?,25?,26?,30-/m1/s1. The minimum Gasteiger partial charge on any atom is -0.444 e. The molecule has 7 nitrogen and oxygen atoms in total. The molecule has 2 bridgehead atoms. The molecule has 2 aromatic carbocycles. The van der Waals surface area contributed by atoms with Crippen molar-refractivity contribution in [2.75, 3.05) is 20.1 Å². The number of likely N-dealkylation sites (N-methyl/N-ethyl adjacent to an activating group) is 1. The molecule has 1 N–H and O–H groups in total. The Labute approximate surface area is 228 Å². The summed E-state index contributed by atoms with van der Waals surface area (Å²) < 4.78 is 33.7. The van der Waals surface area contributed by atoms with Gasteiger partial charge in [-0.25, -0.2) is 17.5 Å². The topological polar surface area (TPSA) is 79.0 Å². The second-order valence-corrected chi connectivity index (χ2v) is 14.2. The minimum absolute atomic E-state index is 0.126. The number of hydrogen-bond acceptors (Lipinski definition) is 5. The lowest BCUT2D eigenvalue weighted by Gasteiger charge is -2.42. The first-order valence-electron chi connectivity index (χ1n) is 13.7. The minimum atomic E-state index is -3.60. The zero-order valence-electron chi connectivity index (χ0n) is 23.4. The van der Waals surface area contributed by atoms with Crippen LogP contribution < -0.4 is 5.32 Å². The fourth-order valence-electron chi connectivity index (χ4n) is 6.11. The summed E-state index contributed by atoms with van der Waals surface area (Å²) in [5, 5.41) is 3.09. The Balaban J connectivity index is 1.45. The highest BCUT2D eigenvalue weighted by Gasteiger charge is 2.42. The van der Waals surface area contributed by atoms with E-state index in [1.165, 1.54) is 4.31 Å². The van der Waals surface area contributed by atoms with Gasteiger partial charge in [0.25, 0.3) is 0 Å². The normalized spacial score (nSPS) is 23.7. The summed E-state index contributed by atoms with van der Waals surface area (Å²) in [5.74, 6) is 0. The van der Waals surface area contributed by atoms with Crippen LogP contribution in [0.25, 0.3) is 0 Å². The van der Waals surface area contributed by atoms with E-state index in [0.717, 1.165) is 44.2 Å². The van der Waals surface area contributed by atoms with Crippen LogP contribution in [0.15, 0.2) is 65.6 Å². The number of ether oxygens (including phenoxy) is 1. The van der Waals surface area contributed by atoms with Crippen molar-refractivity contribution < 1.29 is 17.9 Å². The van der Waals surface area contributed by atoms with E-state index < -0.39 is 15.6 Å². The molecule has 0 radical (unpaired) electrons. The predicted molar refractivity (Wildman–Crippen MR) is 151 cm³/mol. The molecule has 1 amide bonds. The van der Waals surface area contributed by atoms with Gasteiger partial charge in [-0.05, 0) is 77.1 Å². The number of alkyl carbamates (subject to hydrolysis) is 1. The molecule has 2 aromatic rings. The summed E-state index contributed by atoms with van der Waals surface area (Å²) in [5.41, 5.74) is 0.277. The molecule has 2 heterocycles. The lowest BCUT2D eigenvalue weighted by molar-refractivity contribution is 0.0437. The van der Waals surface area contributed by atoms with Crippen molar-refractivity contribution in [1.29, 1.82) is 0 Å². The van der Waals surface area contributed by atoms with Gasteiger partial charge in [0.2, 0.25) is 10.0 Å². The van der Waals surface area contributed by atoms with E-state index in [2.05, 4.69) is 29.3 Å². The maximum Gasteiger partial charge on any atom is 0.407 e. The van der Waals surface area contributed by atoms with Gasteiger partial charge < -0.3 is 10.1 Å². The fraction of sp³-hybridized carbons (Fsp3) is 0.567. The van der Waals surface area contributed by atoms with E-state index in [-0.39, 0.29) is 17.6 Å². The van der Waals surface area contributed by atoms with Crippen LogP contribution in [0, 0.1) is 0 Å². The number of rotatable bonds is 9. The molecular weight excluding hydrogens is 498 g/mol. The van der Waals surface area contributed by atoms with Crippen molar-refractivity contribution in [1.82, 2.24) is 14.5 Å². The van der Waals surface area contributed by atoms with Crippen LogP contribution in [0.1, 0.15) is 65.4 Å². The van der Waals surface area contributed by atoms with Crippen molar-refractivity contribution in [3.63, 3.8) is 0 Å². The smallest absolute Gasteiger partial charge is 0.407 e. The zero-order chi connectivity index (χ0) is 27.6. The number of hydrogen-bond donors (Lipinski definition) is 1. The van der Waals surface area contributed by atoms with Crippen LogP contribution in [0.5, 0.6) is 0 Å². The molecule has 8 heteroatoms. The summed E-state index contributed by atoms with van der Waals surface area (Å²) in [6.07, 6.45) is 4.58. The molecule has 3 atom stereocenters. The zero-order valence-corrected chi connectivity index (χ0v) is 24.2. The van der Waals surface area contributed by atoms with Crippen molar-refractivity contribution in [2.45, 2.75) is 93.8 Å². The number of amides is 1. The summed E-state index contributed by atoms with van der Waals surface area (Å²) in [4.78, 5) is 15.3. The quantitative estimate of drug-likeness (QED) is 0.474. The van der Waals surface area contributed by atoms with Gasteiger partial charge in [0.05, 0.1) is 4.90 Å². The third kappa shape index (κ3) is 6.77. The first-order chi connectivity index (χ1) is 17.9. The Hall–Kier alpha value is -2.42. The molecule has 2 aliphatic heterocycles. The second-order valence-electron chi connectivity index (χ2n) is 12.2. The van der Waals surface area contributed by atoms with Gasteiger partial charge in [0.1, 0.15) is 5.60 Å². The molecule has 0 aromatic heterocycles. The summed E-state index contributed by atoms with van der Waals surface area (Å²) >= 11 is 0. The monoisotopic (exact) mass is 541 g/mol. The van der Waals surface area contributed by atoms with Crippen molar-refractivity contribution in [2.24, 2.45) is 0 Å². The van der Waals surface area contributed by atoms with Crippen molar-refractivity contribution in [3.05, 3.63) is 66.2 Å². The molecule has 0 aliphatic carbocycles. The summed E-state index contributed by atoms with van der Waals surface area (Å²) in [6.45, 7) is 9.10. The summed E-state index contributed by atoms with van der Waals surface area (Å²) in [7, 11) is -1.92. The summed E-state index contributed by atoms with van der Waals surface area (Å²) in [6, 6.07) is 19.9. The maximum absolute atomic E-state index is 13.3. The van der Waals surface area contributed by atoms with Crippen LogP contribution in [0.3, 0.4) is 0 Å². The highest BCUT2D eigenvalue weighted by atomic mass is 32.2. The van der Waals surface area contributed by atoms with E-state index in [9.17, 15) is 13.2 Å². The average molecular weight is 542 g/mol. The fourth-order valence-corrected chi connectivity index (χ4v) is 7.43. The Morgan fingerprint density at radius 3 is 2.08 bits per heavy atom. The van der Waals surface area contributed by atoms with Gasteiger partial charge in [-0.3, -0.25) is 4.90 Å². The van der Waals surface area contributed by atoms with Gasteiger partial charge in [-0.15, -0.1) is 0 Å². The van der Waals surface area contributed by atoms with Crippen LogP contribution in [0.2, 0.25) is 0 Å². The van der Waals surface area contributed by atoms with E-state index in [4.69, 9.17) is 4.74 Å². The number of fused-ring (bicyclic) bond motifs is 2. The van der Waals surface area contributed by atoms with Crippen LogP contribution in [-0.2, 0) is 20.2 Å². The third-order valence-corrected chi connectivity index (χ3v) is 9.84. The van der Waals surface area contributed by atoms with E-state index in [1.807, 2.05) is 45.0 Å². The molecule has 2 saturated heterocycles. The predicted octanol–water partition coefficient (Wildman–Crippen LogP) is 5.18. The third-order valence-electron chi connectivity index (χ3n) is 8.02. The SMILES string of the molecule is CN(C[C@@](C)(CCN1C2CCC1CC(NC(=O)OC(C)(C)C)C2)c1ccccc1)S(=O)(=O)c1ccccc1. The Kier molecular flexibility index (Phi) is 8.55. The molecule has 0 spiro atoms. The highest BCUT2D eigenvalue weighted by molar-refractivity contribution is 7.89. The molecule has 2 unspecified atom stereocenters. The average Bonchev–Trinajstić information content (AvgIpc) is 3.10. The lowest BCUT2D eigenvalue weighted by atomic mass is 9.79. The molecule has 38 heavy (non-hydrogen) atoms. The van der Waals surface area contributed by atoms with Gasteiger partial charge in [0, 0.05) is 37.1 Å². The first-order valence-corrected chi connectivity index (χ1v) is 15.1. The number of benzene rings is 2. The van der Waals surface area contributed by atoms with Crippen LogP contribution in [-0.4, -0.2) is 67.6 Å². The molecule has 2 aliphatic rings. The van der Waals surface area contributed by atoms with E-state index >= 15 is 0 Å². The molecule has 208 valence electrons. The van der Waals surface area contributed by atoms with Crippen molar-refractivity contribution in [3.8, 4) is 0 Å². The van der Waals surface area contributed by atoms with Gasteiger partial charge in [0.15, 0.2) is 0 Å². The largest absolute Gasteiger partial charge is 0.444 e. The van der Waals surface area contributed by atoms with E-state index in [0.29, 0.717) is 23.5 Å². The number of carbonyl (C=O) groups excluding carboxylic acids is 1. The van der Waals surface area contributed by atoms with Crippen LogP contribution in [0.4, 0.5) is 4.79 Å². The van der Waals surface area contributed by atoms with Gasteiger partial charge >= 0.3 is 6.09 Å². The Morgan fingerprint density at radius 2 is 1.53 bits per heavy atom. The van der Waals surface area contributed by atoms with Gasteiger partial charge in [-0.2, -0.15) is 0 Å². The number of sulfonamides is 1. The highest BCUT2D eigenvalue weighted by Crippen LogP contribution is 2.38. The van der Waals surface area contributed by atoms with E-state index in [1.54, 1.807) is 31.3 Å². The Morgan fingerprint density at radius 1 is 0.974 bits per heavy atom. The van der Waals surface area contributed by atoms with Crippen LogP contribution >= 0.6 is 0 Å². The number of carbonyl (C=O) groups is 1. The number of nitrogens with one attached hydrogen (secondary N) is 1. The Bertz CT molecular complexity index is 1170. The molecule has 4 rings (SSSR count). The molecule has 0 saturated carbocycles. The number of piperidine rings is 1. The van der Waals surface area contributed by atoms with Gasteiger partial charge in [-0.1, -0.05) is 55.5 Å². The molecular formula is C30H43N3O4S. The second kappa shape index (κ2) is 11.4. The lowest BCUT2D eigenvalue weighted by Crippen LogP contribution is -2.52. The van der Waals surface area contributed by atoms with Crippen molar-refractivity contribution >= 4 is 16.1 Å². The maximum atomic E-state index is 13.3. The first kappa shape index (κ1) is 28.6. The molecule has 2 fully saturated rings. The number of nitrogens with zero attached hydrogens (tertiary/aromatic N) is 2.